The van der Waals surface area contributed by atoms with Crippen LogP contribution >= 0.6 is 23.2 Å². The lowest BCUT2D eigenvalue weighted by Gasteiger charge is -2.19. The van der Waals surface area contributed by atoms with Gasteiger partial charge in [0.15, 0.2) is 6.10 Å². The number of halogens is 2. The Hall–Kier alpha value is -2.90. The fourth-order valence-electron chi connectivity index (χ4n) is 3.49. The highest BCUT2D eigenvalue weighted by Crippen LogP contribution is 2.27. The van der Waals surface area contributed by atoms with Gasteiger partial charge in [-0.3, -0.25) is 14.4 Å². The largest absolute Gasteiger partial charge is 0.462 e. The minimum absolute atomic E-state index is 0.0405. The van der Waals surface area contributed by atoms with E-state index in [4.69, 9.17) is 32.7 Å². The number of carbonyl (C=O) groups is 4. The number of nitrogens with zero attached hydrogens (tertiary/aromatic N) is 1. The predicted octanol–water partition coefficient (Wildman–Crippen LogP) is 4.29. The van der Waals surface area contributed by atoms with Gasteiger partial charge in [-0.2, -0.15) is 0 Å². The van der Waals surface area contributed by atoms with Crippen molar-refractivity contribution in [2.24, 2.45) is 5.92 Å². The Bertz CT molecular complexity index is 1020. The van der Waals surface area contributed by atoms with E-state index < -0.39 is 24.0 Å². The average molecular weight is 492 g/mol. The van der Waals surface area contributed by atoms with Crippen LogP contribution in [0, 0.1) is 5.92 Å². The van der Waals surface area contributed by atoms with Crippen LogP contribution in [0.5, 0.6) is 0 Å². The number of benzene rings is 2. The van der Waals surface area contributed by atoms with Crippen LogP contribution < -0.4 is 4.90 Å². The summed E-state index contributed by atoms with van der Waals surface area (Å²) in [6.07, 6.45) is -0.945. The second-order valence-electron chi connectivity index (χ2n) is 7.45. The van der Waals surface area contributed by atoms with Crippen molar-refractivity contribution >= 4 is 52.5 Å². The molecule has 1 fully saturated rings. The van der Waals surface area contributed by atoms with Crippen molar-refractivity contribution < 1.29 is 28.7 Å². The van der Waals surface area contributed by atoms with Crippen LogP contribution in [0.4, 0.5) is 5.69 Å². The van der Waals surface area contributed by atoms with Crippen LogP contribution in [-0.4, -0.2) is 48.8 Å². The quantitative estimate of drug-likeness (QED) is 0.295. The summed E-state index contributed by atoms with van der Waals surface area (Å²) < 4.78 is 10.4. The van der Waals surface area contributed by atoms with Gasteiger partial charge in [0, 0.05) is 41.5 Å². The molecular weight excluding hydrogens is 469 g/mol. The van der Waals surface area contributed by atoms with E-state index in [1.54, 1.807) is 55.5 Å². The molecule has 0 unspecified atom stereocenters. The summed E-state index contributed by atoms with van der Waals surface area (Å²) in [6, 6.07) is 12.6. The first-order valence-corrected chi connectivity index (χ1v) is 11.4. The summed E-state index contributed by atoms with van der Waals surface area (Å²) in [5.41, 5.74) is 1.28. The van der Waals surface area contributed by atoms with Crippen LogP contribution in [0.25, 0.3) is 0 Å². The molecule has 1 saturated heterocycles. The molecule has 0 aromatic heterocycles. The van der Waals surface area contributed by atoms with Gasteiger partial charge in [0.05, 0.1) is 18.1 Å². The smallest absolute Gasteiger partial charge is 0.338 e. The Kier molecular flexibility index (Phi) is 8.47. The fourth-order valence-corrected chi connectivity index (χ4v) is 3.81. The molecule has 174 valence electrons. The molecular formula is C24H23Cl2NO6. The Balaban J connectivity index is 1.66. The van der Waals surface area contributed by atoms with Crippen LogP contribution in [0.2, 0.25) is 5.02 Å². The molecule has 7 nitrogen and oxygen atoms in total. The van der Waals surface area contributed by atoms with Gasteiger partial charge in [-0.15, -0.1) is 11.6 Å². The maximum atomic E-state index is 12.8. The zero-order chi connectivity index (χ0) is 24.0. The molecule has 0 aliphatic carbocycles. The van der Waals surface area contributed by atoms with E-state index in [1.165, 1.54) is 4.90 Å². The number of alkyl halides is 1. The average Bonchev–Trinajstić information content (AvgIpc) is 3.21. The molecule has 9 heteroatoms. The van der Waals surface area contributed by atoms with E-state index in [2.05, 4.69) is 0 Å². The lowest BCUT2D eigenvalue weighted by molar-refractivity contribution is -0.151. The standard InChI is InChI=1S/C24H23Cl2NO6/c1-2-32-23(30)16-5-9-19(10-6-16)27-14-17(13-21(27)28)24(31)33-20(11-12-25)22(29)15-3-7-18(26)8-4-15/h3-10,17,20H,2,11-14H2,1H3/t17-,20+/m0/s1. The molecule has 2 aromatic rings. The molecule has 0 N–H and O–H groups in total. The van der Waals surface area contributed by atoms with E-state index in [-0.39, 0.29) is 43.6 Å². The normalized spacial score (nSPS) is 16.4. The van der Waals surface area contributed by atoms with Crippen molar-refractivity contribution in [2.75, 3.05) is 23.9 Å². The fraction of sp³-hybridized carbons (Fsp3) is 0.333. The van der Waals surface area contributed by atoms with Gasteiger partial charge in [0.25, 0.3) is 0 Å². The number of carbonyl (C=O) groups excluding carboxylic acids is 4. The Labute approximate surface area is 201 Å². The van der Waals surface area contributed by atoms with Gasteiger partial charge >= 0.3 is 11.9 Å². The van der Waals surface area contributed by atoms with Gasteiger partial charge in [-0.1, -0.05) is 11.6 Å². The van der Waals surface area contributed by atoms with Crippen molar-refractivity contribution in [3.63, 3.8) is 0 Å². The first kappa shape index (κ1) is 24.7. The lowest BCUT2D eigenvalue weighted by atomic mass is 10.0. The van der Waals surface area contributed by atoms with E-state index in [0.717, 1.165) is 0 Å². The molecule has 0 bridgehead atoms. The first-order chi connectivity index (χ1) is 15.8. The molecule has 1 aliphatic rings. The second kappa shape index (κ2) is 11.3. The Morgan fingerprint density at radius 1 is 1.06 bits per heavy atom. The molecule has 1 amide bonds. The van der Waals surface area contributed by atoms with Gasteiger partial charge in [0.1, 0.15) is 0 Å². The molecule has 2 atom stereocenters. The third kappa shape index (κ3) is 6.12. The van der Waals surface area contributed by atoms with E-state index in [1.807, 2.05) is 0 Å². The zero-order valence-electron chi connectivity index (χ0n) is 18.0. The van der Waals surface area contributed by atoms with Crippen molar-refractivity contribution in [1.29, 1.82) is 0 Å². The number of ether oxygens (including phenoxy) is 2. The molecule has 2 aromatic carbocycles. The van der Waals surface area contributed by atoms with Crippen molar-refractivity contribution in [3.05, 3.63) is 64.7 Å². The van der Waals surface area contributed by atoms with E-state index >= 15 is 0 Å². The zero-order valence-corrected chi connectivity index (χ0v) is 19.5. The first-order valence-electron chi connectivity index (χ1n) is 10.5. The van der Waals surface area contributed by atoms with E-state index in [0.29, 0.717) is 21.8 Å². The number of anilines is 1. The Morgan fingerprint density at radius 2 is 1.70 bits per heavy atom. The number of esters is 2. The number of Topliss-reactive ketones (excluding diaryl/α,β-unsaturated/α-hetero) is 1. The Morgan fingerprint density at radius 3 is 2.30 bits per heavy atom. The molecule has 0 spiro atoms. The summed E-state index contributed by atoms with van der Waals surface area (Å²) in [4.78, 5) is 51.4. The van der Waals surface area contributed by atoms with E-state index in [9.17, 15) is 19.2 Å². The van der Waals surface area contributed by atoms with Gasteiger partial charge < -0.3 is 14.4 Å². The molecule has 0 radical (unpaired) electrons. The van der Waals surface area contributed by atoms with Crippen LogP contribution in [0.15, 0.2) is 48.5 Å². The molecule has 1 aliphatic heterocycles. The maximum Gasteiger partial charge on any atom is 0.338 e. The van der Waals surface area contributed by atoms with Crippen molar-refractivity contribution in [3.8, 4) is 0 Å². The molecule has 3 rings (SSSR count). The summed E-state index contributed by atoms with van der Waals surface area (Å²) in [7, 11) is 0. The van der Waals surface area contributed by atoms with Crippen molar-refractivity contribution in [2.45, 2.75) is 25.9 Å². The number of rotatable bonds is 9. The summed E-state index contributed by atoms with van der Waals surface area (Å²) in [5.74, 6) is -2.31. The van der Waals surface area contributed by atoms with Crippen LogP contribution in [0.3, 0.4) is 0 Å². The summed E-state index contributed by atoms with van der Waals surface area (Å²) in [5, 5.41) is 0.484. The SMILES string of the molecule is CCOC(=O)c1ccc(N2C[C@@H](C(=O)O[C@H](CCCl)C(=O)c3ccc(Cl)cc3)CC2=O)cc1. The summed E-state index contributed by atoms with van der Waals surface area (Å²) in [6.45, 7) is 2.09. The van der Waals surface area contributed by atoms with Crippen LogP contribution in [-0.2, 0) is 19.1 Å². The number of hydrogen-bond donors (Lipinski definition) is 0. The maximum absolute atomic E-state index is 12.8. The highest BCUT2D eigenvalue weighted by Gasteiger charge is 2.38. The number of hydrogen-bond acceptors (Lipinski definition) is 6. The lowest BCUT2D eigenvalue weighted by Crippen LogP contribution is -2.32. The molecule has 33 heavy (non-hydrogen) atoms. The van der Waals surface area contributed by atoms with Crippen molar-refractivity contribution in [1.82, 2.24) is 0 Å². The summed E-state index contributed by atoms with van der Waals surface area (Å²) >= 11 is 11.7. The second-order valence-corrected chi connectivity index (χ2v) is 8.26. The van der Waals surface area contributed by atoms with Gasteiger partial charge in [0.2, 0.25) is 11.7 Å². The monoisotopic (exact) mass is 491 g/mol. The minimum atomic E-state index is -1.05. The topological polar surface area (TPSA) is 90.0 Å². The molecule has 1 heterocycles. The minimum Gasteiger partial charge on any atom is -0.462 e. The van der Waals surface area contributed by atoms with Gasteiger partial charge in [-0.05, 0) is 55.5 Å². The number of amides is 1. The van der Waals surface area contributed by atoms with Gasteiger partial charge in [-0.25, -0.2) is 4.79 Å². The predicted molar refractivity (Wildman–Crippen MR) is 124 cm³/mol. The highest BCUT2D eigenvalue weighted by atomic mass is 35.5. The number of ketones is 1. The highest BCUT2D eigenvalue weighted by molar-refractivity contribution is 6.30. The molecule has 0 saturated carbocycles. The third-order valence-corrected chi connectivity index (χ3v) is 5.67. The third-order valence-electron chi connectivity index (χ3n) is 5.20. The van der Waals surface area contributed by atoms with Crippen LogP contribution in [0.1, 0.15) is 40.5 Å².